The summed E-state index contributed by atoms with van der Waals surface area (Å²) < 4.78 is 28.1. The number of aliphatic hydroxyl groups excluding tert-OH is 1. The second-order valence-corrected chi connectivity index (χ2v) is 8.49. The topological polar surface area (TPSA) is 69.6 Å². The lowest BCUT2D eigenvalue weighted by Gasteiger charge is -2.29. The van der Waals surface area contributed by atoms with Gasteiger partial charge in [-0.3, -0.25) is 0 Å². The summed E-state index contributed by atoms with van der Waals surface area (Å²) in [7, 11) is 0.184. The van der Waals surface area contributed by atoms with Crippen LogP contribution in [0.1, 0.15) is 31.9 Å². The van der Waals surface area contributed by atoms with E-state index in [9.17, 15) is 13.5 Å². The highest BCUT2D eigenvalue weighted by Gasteiger charge is 2.30. The Labute approximate surface area is 156 Å². The molecule has 0 fully saturated rings. The van der Waals surface area contributed by atoms with Crippen molar-refractivity contribution in [3.05, 3.63) is 60.2 Å². The maximum absolute atomic E-state index is 12.7. The van der Waals surface area contributed by atoms with Crippen molar-refractivity contribution in [1.29, 1.82) is 0 Å². The zero-order valence-corrected chi connectivity index (χ0v) is 16.6. The summed E-state index contributed by atoms with van der Waals surface area (Å²) in [4.78, 5) is 2.17. The van der Waals surface area contributed by atoms with Crippen molar-refractivity contribution in [1.82, 2.24) is 4.72 Å². The van der Waals surface area contributed by atoms with Gasteiger partial charge in [-0.1, -0.05) is 50.6 Å². The first-order valence-corrected chi connectivity index (χ1v) is 10.3. The van der Waals surface area contributed by atoms with E-state index in [1.54, 1.807) is 30.3 Å². The molecule has 142 valence electrons. The number of benzene rings is 2. The minimum atomic E-state index is -3.71. The quantitative estimate of drug-likeness (QED) is 0.742. The van der Waals surface area contributed by atoms with E-state index in [0.29, 0.717) is 5.56 Å². The molecule has 0 radical (unpaired) electrons. The number of aliphatic hydroxyl groups is 1. The Balaban J connectivity index is 2.29. The van der Waals surface area contributed by atoms with Crippen LogP contribution >= 0.6 is 0 Å². The molecule has 0 aliphatic rings. The van der Waals surface area contributed by atoms with Crippen molar-refractivity contribution in [2.24, 2.45) is 5.92 Å². The molecule has 2 rings (SSSR count). The van der Waals surface area contributed by atoms with Crippen molar-refractivity contribution in [3.63, 3.8) is 0 Å². The van der Waals surface area contributed by atoms with E-state index in [4.69, 9.17) is 0 Å². The molecule has 2 N–H and O–H groups in total. The van der Waals surface area contributed by atoms with Gasteiger partial charge in [0.2, 0.25) is 10.0 Å². The molecule has 5 nitrogen and oxygen atoms in total. The van der Waals surface area contributed by atoms with Crippen LogP contribution in [0.2, 0.25) is 0 Å². The molecule has 3 atom stereocenters. The molecule has 0 amide bonds. The highest BCUT2D eigenvalue weighted by atomic mass is 32.2. The molecule has 0 spiro atoms. The van der Waals surface area contributed by atoms with Crippen LogP contribution in [-0.4, -0.2) is 33.7 Å². The van der Waals surface area contributed by atoms with Crippen molar-refractivity contribution >= 4 is 15.7 Å². The van der Waals surface area contributed by atoms with Gasteiger partial charge >= 0.3 is 0 Å². The number of nitrogens with one attached hydrogen (secondary N) is 1. The zero-order valence-electron chi connectivity index (χ0n) is 15.8. The first-order chi connectivity index (χ1) is 12.3. The number of sulfonamides is 1. The fraction of sp³-hybridized carbons (Fsp3) is 0.400. The average molecular weight is 377 g/mol. The third kappa shape index (κ3) is 4.84. The summed E-state index contributed by atoms with van der Waals surface area (Å²) >= 11 is 0. The van der Waals surface area contributed by atoms with Crippen LogP contribution in [-0.2, 0) is 10.0 Å². The molecule has 26 heavy (non-hydrogen) atoms. The number of rotatable bonds is 8. The maximum Gasteiger partial charge on any atom is 0.240 e. The van der Waals surface area contributed by atoms with Gasteiger partial charge in [0.25, 0.3) is 0 Å². The summed E-state index contributed by atoms with van der Waals surface area (Å²) in [6.45, 7) is 3.92. The van der Waals surface area contributed by atoms with E-state index in [1.165, 1.54) is 0 Å². The van der Waals surface area contributed by atoms with Gasteiger partial charge in [0.1, 0.15) is 0 Å². The molecule has 0 aliphatic heterocycles. The minimum Gasteiger partial charge on any atom is -0.387 e. The highest BCUT2D eigenvalue weighted by molar-refractivity contribution is 7.89. The lowest BCUT2D eigenvalue weighted by atomic mass is 9.91. The monoisotopic (exact) mass is 376 g/mol. The Hall–Kier alpha value is -1.89. The molecule has 0 heterocycles. The largest absolute Gasteiger partial charge is 0.387 e. The SMILES string of the molecule is CC[C@H](C)[C@H](NS(=O)(=O)c1ccccc1)C(O)c1ccc(N(C)C)cc1. The van der Waals surface area contributed by atoms with Crippen LogP contribution < -0.4 is 9.62 Å². The Morgan fingerprint density at radius 2 is 1.62 bits per heavy atom. The van der Waals surface area contributed by atoms with Gasteiger partial charge in [0.05, 0.1) is 17.0 Å². The van der Waals surface area contributed by atoms with E-state index in [2.05, 4.69) is 4.72 Å². The van der Waals surface area contributed by atoms with E-state index in [-0.39, 0.29) is 10.8 Å². The van der Waals surface area contributed by atoms with Crippen molar-refractivity contribution in [2.45, 2.75) is 37.3 Å². The Morgan fingerprint density at radius 1 is 1.04 bits per heavy atom. The molecular weight excluding hydrogens is 348 g/mol. The molecule has 2 aromatic rings. The normalized spacial score (nSPS) is 15.3. The molecule has 2 aromatic carbocycles. The van der Waals surface area contributed by atoms with Crippen LogP contribution in [0.4, 0.5) is 5.69 Å². The van der Waals surface area contributed by atoms with E-state index in [1.807, 2.05) is 57.1 Å². The Kier molecular flexibility index (Phi) is 6.81. The molecule has 0 saturated carbocycles. The highest BCUT2D eigenvalue weighted by Crippen LogP contribution is 2.27. The summed E-state index contributed by atoms with van der Waals surface area (Å²) in [6.07, 6.45) is -0.186. The lowest BCUT2D eigenvalue weighted by molar-refractivity contribution is 0.112. The predicted octanol–water partition coefficient (Wildman–Crippen LogP) is 3.18. The third-order valence-electron chi connectivity index (χ3n) is 4.69. The predicted molar refractivity (Wildman–Crippen MR) is 106 cm³/mol. The summed E-state index contributed by atoms with van der Waals surface area (Å²) in [5.74, 6) is -0.0305. The number of hydrogen-bond acceptors (Lipinski definition) is 4. The van der Waals surface area contributed by atoms with Gasteiger partial charge in [-0.15, -0.1) is 0 Å². The van der Waals surface area contributed by atoms with Crippen molar-refractivity contribution < 1.29 is 13.5 Å². The zero-order chi connectivity index (χ0) is 19.3. The summed E-state index contributed by atoms with van der Waals surface area (Å²) in [5.41, 5.74) is 1.71. The average Bonchev–Trinajstić information content (AvgIpc) is 2.65. The second-order valence-electron chi connectivity index (χ2n) is 6.78. The first kappa shape index (κ1) is 20.4. The molecular formula is C20H28N2O3S. The molecule has 0 saturated heterocycles. The fourth-order valence-electron chi connectivity index (χ4n) is 2.77. The Morgan fingerprint density at radius 3 is 2.12 bits per heavy atom. The number of hydrogen-bond donors (Lipinski definition) is 2. The van der Waals surface area contributed by atoms with Crippen LogP contribution in [0.5, 0.6) is 0 Å². The van der Waals surface area contributed by atoms with Gasteiger partial charge in [-0.05, 0) is 35.7 Å². The third-order valence-corrected chi connectivity index (χ3v) is 6.17. The van der Waals surface area contributed by atoms with Crippen molar-refractivity contribution in [3.8, 4) is 0 Å². The van der Waals surface area contributed by atoms with E-state index in [0.717, 1.165) is 12.1 Å². The van der Waals surface area contributed by atoms with Gasteiger partial charge in [0, 0.05) is 19.8 Å². The second kappa shape index (κ2) is 8.66. The molecule has 1 unspecified atom stereocenters. The summed E-state index contributed by atoms with van der Waals surface area (Å²) in [5, 5.41) is 10.9. The molecule has 6 heteroatoms. The van der Waals surface area contributed by atoms with Gasteiger partial charge in [-0.2, -0.15) is 0 Å². The van der Waals surface area contributed by atoms with Crippen LogP contribution in [0.25, 0.3) is 0 Å². The van der Waals surface area contributed by atoms with Crippen LogP contribution in [0.15, 0.2) is 59.5 Å². The standard InChI is InChI=1S/C20H28N2O3S/c1-5-15(2)19(21-26(24,25)18-9-7-6-8-10-18)20(23)16-11-13-17(14-12-16)22(3)4/h6-15,19-21,23H,5H2,1-4H3/t15-,19-,20?/m0/s1. The van der Waals surface area contributed by atoms with Crippen molar-refractivity contribution in [2.75, 3.05) is 19.0 Å². The minimum absolute atomic E-state index is 0.0305. The molecule has 0 bridgehead atoms. The van der Waals surface area contributed by atoms with Crippen LogP contribution in [0.3, 0.4) is 0 Å². The molecule has 0 aliphatic carbocycles. The van der Waals surface area contributed by atoms with Crippen LogP contribution in [0, 0.1) is 5.92 Å². The van der Waals surface area contributed by atoms with E-state index >= 15 is 0 Å². The fourth-order valence-corrected chi connectivity index (χ4v) is 4.14. The van der Waals surface area contributed by atoms with Gasteiger partial charge < -0.3 is 10.0 Å². The smallest absolute Gasteiger partial charge is 0.240 e. The maximum atomic E-state index is 12.7. The molecule has 0 aromatic heterocycles. The number of anilines is 1. The Bertz CT molecular complexity index is 790. The first-order valence-electron chi connectivity index (χ1n) is 8.79. The van der Waals surface area contributed by atoms with Gasteiger partial charge in [-0.25, -0.2) is 13.1 Å². The lowest BCUT2D eigenvalue weighted by Crippen LogP contribution is -2.43. The summed E-state index contributed by atoms with van der Waals surface area (Å²) in [6, 6.07) is 15.1. The number of nitrogens with zero attached hydrogens (tertiary/aromatic N) is 1. The van der Waals surface area contributed by atoms with Gasteiger partial charge in [0.15, 0.2) is 0 Å². The van der Waals surface area contributed by atoms with E-state index < -0.39 is 22.2 Å².